The summed E-state index contributed by atoms with van der Waals surface area (Å²) in [6.07, 6.45) is 5.48. The Kier molecular flexibility index (Phi) is 3.35. The molecule has 1 aliphatic rings. The van der Waals surface area contributed by atoms with Crippen molar-refractivity contribution in [1.82, 2.24) is 5.32 Å². The van der Waals surface area contributed by atoms with Crippen molar-refractivity contribution in [1.29, 1.82) is 0 Å². The van der Waals surface area contributed by atoms with Crippen LogP contribution in [0.25, 0.3) is 0 Å². The molecule has 0 fully saturated rings. The molecule has 0 spiro atoms. The highest BCUT2D eigenvalue weighted by Gasteiger charge is 2.26. The summed E-state index contributed by atoms with van der Waals surface area (Å²) < 4.78 is 0. The molecule has 1 unspecified atom stereocenters. The maximum absolute atomic E-state index is 10.8. The molecular weight excluding hydrogens is 174 g/mol. The second-order valence-electron chi connectivity index (χ2n) is 5.25. The monoisotopic (exact) mass is 195 g/mol. The largest absolute Gasteiger partial charge is 0.330 e. The molecular formula is C12H21NO. The third kappa shape index (κ3) is 3.17. The number of hydrogen-bond donors (Lipinski definition) is 1. The van der Waals surface area contributed by atoms with E-state index >= 15 is 0 Å². The lowest BCUT2D eigenvalue weighted by atomic mass is 9.74. The number of amides is 1. The van der Waals surface area contributed by atoms with Gasteiger partial charge in [-0.15, -0.1) is 0 Å². The fourth-order valence-corrected chi connectivity index (χ4v) is 1.96. The van der Waals surface area contributed by atoms with Gasteiger partial charge in [0.2, 0.25) is 5.91 Å². The molecule has 0 aromatic heterocycles. The van der Waals surface area contributed by atoms with Crippen LogP contribution in [0.15, 0.2) is 11.8 Å². The summed E-state index contributed by atoms with van der Waals surface area (Å²) in [5.74, 6) is 0.797. The van der Waals surface area contributed by atoms with Crippen molar-refractivity contribution in [2.75, 3.05) is 0 Å². The van der Waals surface area contributed by atoms with Crippen LogP contribution in [0.1, 0.15) is 47.0 Å². The molecule has 0 saturated heterocycles. The highest BCUT2D eigenvalue weighted by molar-refractivity contribution is 5.74. The molecule has 2 nitrogen and oxygen atoms in total. The fourth-order valence-electron chi connectivity index (χ4n) is 1.96. The molecule has 0 saturated carbocycles. The second kappa shape index (κ2) is 4.16. The number of nitrogens with one attached hydrogen (secondary N) is 1. The van der Waals surface area contributed by atoms with E-state index in [1.54, 1.807) is 6.92 Å². The lowest BCUT2D eigenvalue weighted by Gasteiger charge is -2.33. The first kappa shape index (κ1) is 11.3. The molecule has 0 aromatic rings. The quantitative estimate of drug-likeness (QED) is 0.685. The highest BCUT2D eigenvalue weighted by atomic mass is 16.1. The van der Waals surface area contributed by atoms with Crippen molar-refractivity contribution in [3.8, 4) is 0 Å². The summed E-state index contributed by atoms with van der Waals surface area (Å²) in [5.41, 5.74) is 1.50. The Hall–Kier alpha value is -0.790. The van der Waals surface area contributed by atoms with Gasteiger partial charge in [-0.05, 0) is 30.6 Å². The summed E-state index contributed by atoms with van der Waals surface area (Å²) in [5, 5.41) is 2.88. The van der Waals surface area contributed by atoms with E-state index in [0.29, 0.717) is 5.41 Å². The average molecular weight is 195 g/mol. The van der Waals surface area contributed by atoms with Crippen LogP contribution in [0, 0.1) is 11.3 Å². The van der Waals surface area contributed by atoms with E-state index in [2.05, 4.69) is 32.2 Å². The van der Waals surface area contributed by atoms with Gasteiger partial charge in [-0.2, -0.15) is 0 Å². The molecule has 2 heteroatoms. The van der Waals surface area contributed by atoms with Crippen molar-refractivity contribution in [3.05, 3.63) is 11.8 Å². The summed E-state index contributed by atoms with van der Waals surface area (Å²) in [6, 6.07) is 0. The molecule has 1 N–H and O–H groups in total. The number of carbonyl (C=O) groups is 1. The topological polar surface area (TPSA) is 29.1 Å². The zero-order valence-electron chi connectivity index (χ0n) is 9.68. The van der Waals surface area contributed by atoms with E-state index in [4.69, 9.17) is 0 Å². The Morgan fingerprint density at radius 3 is 2.50 bits per heavy atom. The minimum atomic E-state index is 0.0467. The van der Waals surface area contributed by atoms with E-state index in [9.17, 15) is 4.79 Å². The first-order chi connectivity index (χ1) is 6.39. The zero-order chi connectivity index (χ0) is 10.8. The number of carbonyl (C=O) groups excluding carboxylic acids is 1. The SMILES string of the molecule is CC(=O)NC1=CCC(C(C)(C)C)CC1. The molecule has 80 valence electrons. The summed E-state index contributed by atoms with van der Waals surface area (Å²) in [7, 11) is 0. The standard InChI is InChI=1S/C12H21NO/c1-9(14)13-11-7-5-10(6-8-11)12(2,3)4/h7,10H,5-6,8H2,1-4H3,(H,13,14). The number of allylic oxidation sites excluding steroid dienone is 2. The maximum Gasteiger partial charge on any atom is 0.220 e. The van der Waals surface area contributed by atoms with E-state index < -0.39 is 0 Å². The van der Waals surface area contributed by atoms with Crippen molar-refractivity contribution in [2.24, 2.45) is 11.3 Å². The molecule has 1 amide bonds. The first-order valence-corrected chi connectivity index (χ1v) is 5.36. The van der Waals surface area contributed by atoms with Gasteiger partial charge in [-0.25, -0.2) is 0 Å². The molecule has 0 radical (unpaired) electrons. The van der Waals surface area contributed by atoms with Crippen molar-refractivity contribution < 1.29 is 4.79 Å². The molecule has 0 bridgehead atoms. The fraction of sp³-hybridized carbons (Fsp3) is 0.750. The summed E-state index contributed by atoms with van der Waals surface area (Å²) in [6.45, 7) is 8.43. The van der Waals surface area contributed by atoms with Gasteiger partial charge in [-0.1, -0.05) is 26.8 Å². The molecule has 1 rings (SSSR count). The van der Waals surface area contributed by atoms with Gasteiger partial charge in [0.25, 0.3) is 0 Å². The Morgan fingerprint density at radius 2 is 2.14 bits per heavy atom. The Balaban J connectivity index is 2.51. The minimum absolute atomic E-state index is 0.0467. The average Bonchev–Trinajstić information content (AvgIpc) is 2.02. The second-order valence-corrected chi connectivity index (χ2v) is 5.25. The Bertz CT molecular complexity index is 248. The predicted molar refractivity (Wildman–Crippen MR) is 58.7 cm³/mol. The smallest absolute Gasteiger partial charge is 0.220 e. The van der Waals surface area contributed by atoms with Gasteiger partial charge in [0, 0.05) is 12.6 Å². The summed E-state index contributed by atoms with van der Waals surface area (Å²) >= 11 is 0. The van der Waals surface area contributed by atoms with E-state index in [-0.39, 0.29) is 5.91 Å². The first-order valence-electron chi connectivity index (χ1n) is 5.36. The molecule has 1 atom stereocenters. The zero-order valence-corrected chi connectivity index (χ0v) is 9.68. The van der Waals surface area contributed by atoms with Gasteiger partial charge in [0.1, 0.15) is 0 Å². The molecule has 0 aliphatic heterocycles. The van der Waals surface area contributed by atoms with Gasteiger partial charge < -0.3 is 5.32 Å². The van der Waals surface area contributed by atoms with Crippen LogP contribution in [0.5, 0.6) is 0 Å². The molecule has 1 aliphatic carbocycles. The van der Waals surface area contributed by atoms with E-state index in [1.165, 1.54) is 6.42 Å². The van der Waals surface area contributed by atoms with Crippen LogP contribution in [0.4, 0.5) is 0 Å². The molecule has 0 aromatic carbocycles. The van der Waals surface area contributed by atoms with Crippen LogP contribution in [-0.4, -0.2) is 5.91 Å². The minimum Gasteiger partial charge on any atom is -0.330 e. The van der Waals surface area contributed by atoms with E-state index in [1.807, 2.05) is 0 Å². The Labute approximate surface area is 86.8 Å². The van der Waals surface area contributed by atoms with Crippen molar-refractivity contribution >= 4 is 5.91 Å². The summed E-state index contributed by atoms with van der Waals surface area (Å²) in [4.78, 5) is 10.8. The Morgan fingerprint density at radius 1 is 1.50 bits per heavy atom. The van der Waals surface area contributed by atoms with Crippen molar-refractivity contribution in [3.63, 3.8) is 0 Å². The third-order valence-corrected chi connectivity index (χ3v) is 2.97. The molecule has 14 heavy (non-hydrogen) atoms. The van der Waals surface area contributed by atoms with Gasteiger partial charge in [0.15, 0.2) is 0 Å². The highest BCUT2D eigenvalue weighted by Crippen LogP contribution is 2.36. The van der Waals surface area contributed by atoms with Gasteiger partial charge >= 0.3 is 0 Å². The lowest BCUT2D eigenvalue weighted by molar-refractivity contribution is -0.118. The molecule has 0 heterocycles. The van der Waals surface area contributed by atoms with Gasteiger partial charge in [-0.3, -0.25) is 4.79 Å². The third-order valence-electron chi connectivity index (χ3n) is 2.97. The van der Waals surface area contributed by atoms with Crippen LogP contribution in [0.2, 0.25) is 0 Å². The van der Waals surface area contributed by atoms with Crippen molar-refractivity contribution in [2.45, 2.75) is 47.0 Å². The number of hydrogen-bond acceptors (Lipinski definition) is 1. The van der Waals surface area contributed by atoms with Crippen LogP contribution < -0.4 is 5.32 Å². The van der Waals surface area contributed by atoms with Gasteiger partial charge in [0.05, 0.1) is 0 Å². The van der Waals surface area contributed by atoms with Crippen LogP contribution in [0.3, 0.4) is 0 Å². The van der Waals surface area contributed by atoms with Crippen LogP contribution >= 0.6 is 0 Å². The van der Waals surface area contributed by atoms with E-state index in [0.717, 1.165) is 24.5 Å². The maximum atomic E-state index is 10.8. The predicted octanol–water partition coefficient (Wildman–Crippen LogP) is 2.85. The normalized spacial score (nSPS) is 22.9. The number of rotatable bonds is 1. The lowest BCUT2D eigenvalue weighted by Crippen LogP contribution is -2.27. The van der Waals surface area contributed by atoms with Crippen LogP contribution in [-0.2, 0) is 4.79 Å².